The van der Waals surface area contributed by atoms with Crippen LogP contribution in [0.5, 0.6) is 0 Å². The van der Waals surface area contributed by atoms with E-state index < -0.39 is 17.7 Å². The van der Waals surface area contributed by atoms with Crippen molar-refractivity contribution >= 4 is 12.1 Å². The minimum absolute atomic E-state index is 0.300. The van der Waals surface area contributed by atoms with Gasteiger partial charge >= 0.3 is 12.1 Å². The molecule has 1 amide bonds. The second-order valence-corrected chi connectivity index (χ2v) is 5.61. The number of furan rings is 1. The van der Waals surface area contributed by atoms with Crippen molar-refractivity contribution < 1.29 is 23.5 Å². The van der Waals surface area contributed by atoms with E-state index in [2.05, 4.69) is 0 Å². The highest BCUT2D eigenvalue weighted by atomic mass is 16.6. The molecular weight excluding hydrogens is 262 g/mol. The third kappa shape index (κ3) is 2.95. The van der Waals surface area contributed by atoms with Gasteiger partial charge in [0.25, 0.3) is 0 Å². The summed E-state index contributed by atoms with van der Waals surface area (Å²) >= 11 is 0. The van der Waals surface area contributed by atoms with Crippen LogP contribution >= 0.6 is 0 Å². The number of ether oxygens (including phenoxy) is 2. The molecule has 1 aliphatic rings. The first-order valence-electron chi connectivity index (χ1n) is 6.56. The molecular formula is C14H19NO5. The van der Waals surface area contributed by atoms with Crippen molar-refractivity contribution in [3.8, 4) is 0 Å². The Labute approximate surface area is 117 Å². The van der Waals surface area contributed by atoms with E-state index in [4.69, 9.17) is 13.9 Å². The van der Waals surface area contributed by atoms with Gasteiger partial charge in [0.2, 0.25) is 0 Å². The van der Waals surface area contributed by atoms with E-state index in [1.807, 2.05) is 20.8 Å². The summed E-state index contributed by atoms with van der Waals surface area (Å²) in [6.45, 7) is 8.08. The van der Waals surface area contributed by atoms with Gasteiger partial charge in [-0.3, -0.25) is 4.90 Å². The minimum Gasteiger partial charge on any atom is -0.466 e. The molecule has 1 aromatic heterocycles. The molecule has 20 heavy (non-hydrogen) atoms. The first-order chi connectivity index (χ1) is 9.31. The van der Waals surface area contributed by atoms with Crippen LogP contribution in [-0.4, -0.2) is 29.2 Å². The summed E-state index contributed by atoms with van der Waals surface area (Å²) < 4.78 is 15.6. The maximum atomic E-state index is 12.0. The van der Waals surface area contributed by atoms with Gasteiger partial charge in [-0.15, -0.1) is 0 Å². The summed E-state index contributed by atoms with van der Waals surface area (Å²) in [5.41, 5.74) is 0.535. The van der Waals surface area contributed by atoms with E-state index in [1.165, 1.54) is 11.2 Å². The largest absolute Gasteiger partial charge is 0.466 e. The Morgan fingerprint density at radius 2 is 2.05 bits per heavy atom. The van der Waals surface area contributed by atoms with E-state index in [1.54, 1.807) is 6.92 Å². The average molecular weight is 281 g/mol. The fourth-order valence-corrected chi connectivity index (χ4v) is 1.98. The number of hydrogen-bond donors (Lipinski definition) is 0. The summed E-state index contributed by atoms with van der Waals surface area (Å²) in [4.78, 5) is 25.2. The van der Waals surface area contributed by atoms with Crippen LogP contribution in [0.25, 0.3) is 0 Å². The quantitative estimate of drug-likeness (QED) is 0.779. The topological polar surface area (TPSA) is 69.0 Å². The Kier molecular flexibility index (Phi) is 3.74. The highest BCUT2D eigenvalue weighted by Crippen LogP contribution is 2.29. The van der Waals surface area contributed by atoms with Crippen LogP contribution in [0.2, 0.25) is 0 Å². The Balaban J connectivity index is 2.08. The number of carbonyl (C=O) groups is 2. The molecule has 0 saturated heterocycles. The normalized spacial score (nSPS) is 14.1. The predicted octanol–water partition coefficient (Wildman–Crippen LogP) is 2.71. The average Bonchev–Trinajstić information content (AvgIpc) is 2.85. The lowest BCUT2D eigenvalue weighted by Gasteiger charge is -2.24. The van der Waals surface area contributed by atoms with Crippen molar-refractivity contribution in [1.29, 1.82) is 0 Å². The number of amides is 1. The SMILES string of the molecule is CCOC(=O)c1coc2c1CN(C(=O)OC(C)(C)C)C2. The lowest BCUT2D eigenvalue weighted by Crippen LogP contribution is -2.33. The monoisotopic (exact) mass is 281 g/mol. The van der Waals surface area contributed by atoms with Gasteiger partial charge in [-0.05, 0) is 27.7 Å². The van der Waals surface area contributed by atoms with E-state index in [0.29, 0.717) is 36.6 Å². The van der Waals surface area contributed by atoms with Gasteiger partial charge in [0.05, 0.1) is 19.7 Å². The maximum Gasteiger partial charge on any atom is 0.411 e. The maximum absolute atomic E-state index is 12.0. The summed E-state index contributed by atoms with van der Waals surface area (Å²) in [5.74, 6) is 0.183. The third-order valence-corrected chi connectivity index (χ3v) is 2.81. The van der Waals surface area contributed by atoms with Gasteiger partial charge in [-0.2, -0.15) is 0 Å². The summed E-state index contributed by atoms with van der Waals surface area (Å²) in [6, 6.07) is 0. The van der Waals surface area contributed by atoms with Gasteiger partial charge in [0.1, 0.15) is 23.2 Å². The summed E-state index contributed by atoms with van der Waals surface area (Å²) in [6.07, 6.45) is 0.966. The van der Waals surface area contributed by atoms with E-state index in [9.17, 15) is 9.59 Å². The summed E-state index contributed by atoms with van der Waals surface area (Å²) in [5, 5.41) is 0. The molecule has 0 aromatic carbocycles. The van der Waals surface area contributed by atoms with Gasteiger partial charge < -0.3 is 13.9 Å². The lowest BCUT2D eigenvalue weighted by molar-refractivity contribution is 0.0231. The Morgan fingerprint density at radius 1 is 1.35 bits per heavy atom. The van der Waals surface area contributed by atoms with Crippen LogP contribution in [0.15, 0.2) is 10.7 Å². The molecule has 0 radical (unpaired) electrons. The molecule has 0 saturated carbocycles. The number of hydrogen-bond acceptors (Lipinski definition) is 5. The zero-order chi connectivity index (χ0) is 14.9. The van der Waals surface area contributed by atoms with Crippen molar-refractivity contribution in [3.05, 3.63) is 23.2 Å². The second-order valence-electron chi connectivity index (χ2n) is 5.61. The highest BCUT2D eigenvalue weighted by molar-refractivity contribution is 5.91. The molecule has 0 N–H and O–H groups in total. The molecule has 1 aliphatic heterocycles. The molecule has 0 aliphatic carbocycles. The molecule has 110 valence electrons. The van der Waals surface area contributed by atoms with Crippen molar-refractivity contribution in [2.75, 3.05) is 6.61 Å². The zero-order valence-electron chi connectivity index (χ0n) is 12.2. The number of esters is 1. The first-order valence-corrected chi connectivity index (χ1v) is 6.56. The first kappa shape index (κ1) is 14.4. The van der Waals surface area contributed by atoms with E-state index in [0.717, 1.165) is 0 Å². The molecule has 0 unspecified atom stereocenters. The molecule has 0 bridgehead atoms. The predicted molar refractivity (Wildman–Crippen MR) is 70.1 cm³/mol. The Bertz CT molecular complexity index is 526. The van der Waals surface area contributed by atoms with Gasteiger partial charge in [-0.25, -0.2) is 9.59 Å². The van der Waals surface area contributed by atoms with Crippen molar-refractivity contribution in [3.63, 3.8) is 0 Å². The fourth-order valence-electron chi connectivity index (χ4n) is 1.98. The van der Waals surface area contributed by atoms with Crippen LogP contribution in [0.1, 0.15) is 49.4 Å². The van der Waals surface area contributed by atoms with Crippen LogP contribution in [0.4, 0.5) is 4.79 Å². The molecule has 6 nitrogen and oxygen atoms in total. The molecule has 1 aromatic rings. The number of fused-ring (bicyclic) bond motifs is 1. The molecule has 0 spiro atoms. The van der Waals surface area contributed by atoms with Gasteiger partial charge in [0, 0.05) is 5.56 Å². The molecule has 2 rings (SSSR count). The molecule has 0 atom stereocenters. The smallest absolute Gasteiger partial charge is 0.411 e. The van der Waals surface area contributed by atoms with Crippen LogP contribution < -0.4 is 0 Å². The minimum atomic E-state index is -0.551. The lowest BCUT2D eigenvalue weighted by atomic mass is 10.2. The van der Waals surface area contributed by atoms with Gasteiger partial charge in [-0.1, -0.05) is 0 Å². The van der Waals surface area contributed by atoms with Crippen molar-refractivity contribution in [1.82, 2.24) is 4.90 Å². The summed E-state index contributed by atoms with van der Waals surface area (Å²) in [7, 11) is 0. The zero-order valence-corrected chi connectivity index (χ0v) is 12.2. The van der Waals surface area contributed by atoms with Gasteiger partial charge in [0.15, 0.2) is 0 Å². The number of nitrogens with zero attached hydrogens (tertiary/aromatic N) is 1. The number of rotatable bonds is 2. The highest BCUT2D eigenvalue weighted by Gasteiger charge is 2.33. The second kappa shape index (κ2) is 5.19. The molecule has 2 heterocycles. The Morgan fingerprint density at radius 3 is 2.65 bits per heavy atom. The number of carbonyl (C=O) groups excluding carboxylic acids is 2. The molecule has 6 heteroatoms. The van der Waals surface area contributed by atoms with Crippen LogP contribution in [0, 0.1) is 0 Å². The standard InChI is InChI=1S/C14H19NO5/c1-5-18-12(16)10-8-19-11-7-15(6-9(10)11)13(17)20-14(2,3)4/h8H,5-7H2,1-4H3. The Hall–Kier alpha value is -1.98. The van der Waals surface area contributed by atoms with Crippen molar-refractivity contribution in [2.45, 2.75) is 46.4 Å². The van der Waals surface area contributed by atoms with Crippen LogP contribution in [-0.2, 0) is 22.6 Å². The molecule has 0 fully saturated rings. The fraction of sp³-hybridized carbons (Fsp3) is 0.571. The third-order valence-electron chi connectivity index (χ3n) is 2.81. The van der Waals surface area contributed by atoms with E-state index in [-0.39, 0.29) is 0 Å². The van der Waals surface area contributed by atoms with Crippen molar-refractivity contribution in [2.24, 2.45) is 0 Å². The van der Waals surface area contributed by atoms with E-state index >= 15 is 0 Å². The van der Waals surface area contributed by atoms with Crippen LogP contribution in [0.3, 0.4) is 0 Å².